The number of ether oxygens (including phenoxy) is 7. The van der Waals surface area contributed by atoms with E-state index in [9.17, 15) is 5.11 Å². The molecule has 1 N–H and O–H groups in total. The molecule has 2 aliphatic heterocycles. The van der Waals surface area contributed by atoms with Gasteiger partial charge >= 0.3 is 0 Å². The van der Waals surface area contributed by atoms with E-state index < -0.39 is 36.7 Å². The molecular formula is C18H26O8. The first-order chi connectivity index (χ1) is 12.5. The first-order valence-electron chi connectivity index (χ1n) is 8.42. The van der Waals surface area contributed by atoms with Crippen LogP contribution >= 0.6 is 0 Å². The molecule has 0 aromatic heterocycles. The summed E-state index contributed by atoms with van der Waals surface area (Å²) in [6.45, 7) is 0.883. The molecule has 2 aliphatic rings. The number of methoxy groups -OCH3 is 4. The molecule has 2 fully saturated rings. The highest BCUT2D eigenvalue weighted by molar-refractivity contribution is 5.41. The largest absolute Gasteiger partial charge is 0.497 e. The van der Waals surface area contributed by atoms with Crippen LogP contribution in [0.2, 0.25) is 0 Å². The molecule has 0 spiro atoms. The van der Waals surface area contributed by atoms with Crippen LogP contribution in [0.4, 0.5) is 0 Å². The van der Waals surface area contributed by atoms with Gasteiger partial charge in [-0.1, -0.05) is 0 Å². The highest BCUT2D eigenvalue weighted by Gasteiger charge is 2.60. The Balaban J connectivity index is 1.94. The summed E-state index contributed by atoms with van der Waals surface area (Å²) < 4.78 is 38.6. The van der Waals surface area contributed by atoms with E-state index in [0.29, 0.717) is 11.5 Å². The zero-order valence-electron chi connectivity index (χ0n) is 15.6. The third-order valence-corrected chi connectivity index (χ3v) is 5.01. The number of benzene rings is 1. The maximum Gasteiger partial charge on any atom is 0.272 e. The van der Waals surface area contributed by atoms with Crippen LogP contribution in [0.3, 0.4) is 0 Å². The van der Waals surface area contributed by atoms with Crippen molar-refractivity contribution in [2.75, 3.05) is 28.4 Å². The third-order valence-electron chi connectivity index (χ3n) is 5.01. The molecular weight excluding hydrogens is 344 g/mol. The van der Waals surface area contributed by atoms with Crippen LogP contribution < -0.4 is 9.47 Å². The van der Waals surface area contributed by atoms with Crippen LogP contribution in [0, 0.1) is 0 Å². The van der Waals surface area contributed by atoms with Crippen LogP contribution in [0.15, 0.2) is 18.2 Å². The molecule has 0 amide bonds. The Morgan fingerprint density at radius 3 is 2.42 bits per heavy atom. The van der Waals surface area contributed by atoms with Crippen LogP contribution in [-0.2, 0) is 30.1 Å². The lowest BCUT2D eigenvalue weighted by Crippen LogP contribution is -2.65. The summed E-state index contributed by atoms with van der Waals surface area (Å²) in [6.07, 6.45) is -2.35. The third kappa shape index (κ3) is 3.28. The van der Waals surface area contributed by atoms with Gasteiger partial charge in [0.1, 0.15) is 29.3 Å². The van der Waals surface area contributed by atoms with Crippen LogP contribution in [-0.4, -0.2) is 70.2 Å². The smallest absolute Gasteiger partial charge is 0.272 e. The summed E-state index contributed by atoms with van der Waals surface area (Å²) in [6, 6.07) is 5.42. The highest BCUT2D eigenvalue weighted by Crippen LogP contribution is 2.42. The summed E-state index contributed by atoms with van der Waals surface area (Å²) in [5.74, 6) is 1.30. The van der Waals surface area contributed by atoms with E-state index in [1.807, 2.05) is 6.07 Å². The van der Waals surface area contributed by atoms with Crippen LogP contribution in [0.1, 0.15) is 12.5 Å². The van der Waals surface area contributed by atoms with Gasteiger partial charge in [0.05, 0.1) is 20.3 Å². The van der Waals surface area contributed by atoms with Gasteiger partial charge in [0, 0.05) is 26.2 Å². The average molecular weight is 370 g/mol. The SMILES string of the molecule is COc1ccc(OC)c(C[C@@]2(O)[C@H](C)O[C@@H](OC)[C@@H]3OC(OC)O[C@@H]32)c1. The molecule has 0 aliphatic carbocycles. The summed E-state index contributed by atoms with van der Waals surface area (Å²) >= 11 is 0. The lowest BCUT2D eigenvalue weighted by atomic mass is 9.79. The minimum atomic E-state index is -1.38. The zero-order valence-corrected chi connectivity index (χ0v) is 15.6. The van der Waals surface area contributed by atoms with Crippen molar-refractivity contribution in [2.45, 2.75) is 50.0 Å². The molecule has 1 aromatic rings. The van der Waals surface area contributed by atoms with Gasteiger partial charge in [0.25, 0.3) is 6.48 Å². The maximum atomic E-state index is 11.5. The molecule has 6 atom stereocenters. The molecule has 0 radical (unpaired) electrons. The average Bonchev–Trinajstić information content (AvgIpc) is 3.10. The topological polar surface area (TPSA) is 84.8 Å². The zero-order chi connectivity index (χ0) is 18.9. The molecule has 26 heavy (non-hydrogen) atoms. The van der Waals surface area contributed by atoms with Crippen molar-refractivity contribution < 1.29 is 38.3 Å². The Bertz CT molecular complexity index is 623. The summed E-state index contributed by atoms with van der Waals surface area (Å²) in [7, 11) is 6.16. The van der Waals surface area contributed by atoms with Gasteiger partial charge in [0.15, 0.2) is 6.29 Å². The van der Waals surface area contributed by atoms with Crippen molar-refractivity contribution in [3.63, 3.8) is 0 Å². The lowest BCUT2D eigenvalue weighted by Gasteiger charge is -2.46. The number of rotatable bonds is 6. The van der Waals surface area contributed by atoms with Crippen molar-refractivity contribution >= 4 is 0 Å². The second-order valence-corrected chi connectivity index (χ2v) is 6.41. The molecule has 8 heteroatoms. The predicted molar refractivity (Wildman–Crippen MR) is 90.1 cm³/mol. The van der Waals surface area contributed by atoms with E-state index in [0.717, 1.165) is 5.56 Å². The van der Waals surface area contributed by atoms with Crippen molar-refractivity contribution in [1.82, 2.24) is 0 Å². The highest BCUT2D eigenvalue weighted by atomic mass is 16.9. The fraction of sp³-hybridized carbons (Fsp3) is 0.667. The van der Waals surface area contributed by atoms with Gasteiger partial charge in [-0.15, -0.1) is 0 Å². The second kappa shape index (κ2) is 7.67. The minimum absolute atomic E-state index is 0.214. The quantitative estimate of drug-likeness (QED) is 0.796. The molecule has 8 nitrogen and oxygen atoms in total. The standard InChI is InChI=1S/C18H26O8/c1-10-18(19,9-11-8-12(20-2)6-7-13(11)21-3)15-14(16(22-4)24-10)25-17(23-5)26-15/h6-8,10,14-17,19H,9H2,1-5H3/t10-,14+,15-,16+,17?,18+/m0/s1. The molecule has 3 rings (SSSR count). The fourth-order valence-corrected chi connectivity index (χ4v) is 3.54. The van der Waals surface area contributed by atoms with Gasteiger partial charge < -0.3 is 38.3 Å². The maximum absolute atomic E-state index is 11.5. The van der Waals surface area contributed by atoms with E-state index in [4.69, 9.17) is 33.2 Å². The molecule has 2 saturated heterocycles. The fourth-order valence-electron chi connectivity index (χ4n) is 3.54. The normalized spacial score (nSPS) is 36.6. The van der Waals surface area contributed by atoms with Gasteiger partial charge in [0.2, 0.25) is 0 Å². The Morgan fingerprint density at radius 2 is 1.81 bits per heavy atom. The first-order valence-corrected chi connectivity index (χ1v) is 8.42. The summed E-state index contributed by atoms with van der Waals surface area (Å²) in [4.78, 5) is 0. The van der Waals surface area contributed by atoms with Gasteiger partial charge in [-0.2, -0.15) is 0 Å². The van der Waals surface area contributed by atoms with Crippen molar-refractivity contribution in [3.05, 3.63) is 23.8 Å². The van der Waals surface area contributed by atoms with Crippen LogP contribution in [0.25, 0.3) is 0 Å². The number of hydrogen-bond donors (Lipinski definition) is 1. The van der Waals surface area contributed by atoms with Crippen molar-refractivity contribution in [3.8, 4) is 11.5 Å². The Labute approximate surface area is 152 Å². The monoisotopic (exact) mass is 370 g/mol. The summed E-state index contributed by atoms with van der Waals surface area (Å²) in [5.41, 5.74) is -0.615. The van der Waals surface area contributed by atoms with E-state index in [-0.39, 0.29) is 6.42 Å². The van der Waals surface area contributed by atoms with Crippen molar-refractivity contribution in [2.24, 2.45) is 0 Å². The van der Waals surface area contributed by atoms with Crippen molar-refractivity contribution in [1.29, 1.82) is 0 Å². The number of fused-ring (bicyclic) bond motifs is 1. The van der Waals surface area contributed by atoms with E-state index >= 15 is 0 Å². The van der Waals surface area contributed by atoms with E-state index in [1.54, 1.807) is 33.3 Å². The van der Waals surface area contributed by atoms with Gasteiger partial charge in [-0.25, -0.2) is 0 Å². The Morgan fingerprint density at radius 1 is 1.04 bits per heavy atom. The molecule has 0 saturated carbocycles. The second-order valence-electron chi connectivity index (χ2n) is 6.41. The molecule has 0 bridgehead atoms. The molecule has 2 heterocycles. The lowest BCUT2D eigenvalue weighted by molar-refractivity contribution is -0.293. The summed E-state index contributed by atoms with van der Waals surface area (Å²) in [5, 5.41) is 11.5. The Kier molecular flexibility index (Phi) is 5.71. The minimum Gasteiger partial charge on any atom is -0.497 e. The first kappa shape index (κ1) is 19.3. The predicted octanol–water partition coefficient (Wildman–Crippen LogP) is 1.08. The van der Waals surface area contributed by atoms with Gasteiger partial charge in [-0.3, -0.25) is 0 Å². The van der Waals surface area contributed by atoms with Gasteiger partial charge in [-0.05, 0) is 25.1 Å². The van der Waals surface area contributed by atoms with E-state index in [2.05, 4.69) is 0 Å². The Hall–Kier alpha value is -1.42. The molecule has 1 aromatic carbocycles. The number of hydrogen-bond acceptors (Lipinski definition) is 8. The van der Waals surface area contributed by atoms with E-state index in [1.165, 1.54) is 14.2 Å². The van der Waals surface area contributed by atoms with Crippen LogP contribution in [0.5, 0.6) is 11.5 Å². The molecule has 146 valence electrons. The number of aliphatic hydroxyl groups is 1. The molecule has 1 unspecified atom stereocenters.